The van der Waals surface area contributed by atoms with Gasteiger partial charge >= 0.3 is 0 Å². The largest absolute Gasteiger partial charge is 0.454 e. The van der Waals surface area contributed by atoms with Gasteiger partial charge in [0.05, 0.1) is 23.8 Å². The number of hydrogen-bond acceptors (Lipinski definition) is 3. The van der Waals surface area contributed by atoms with E-state index in [4.69, 9.17) is 14.1 Å². The Morgan fingerprint density at radius 2 is 1.60 bits per heavy atom. The molecular formula is C37H30N4O2. The van der Waals surface area contributed by atoms with Crippen LogP contribution in [-0.4, -0.2) is 14.1 Å². The van der Waals surface area contributed by atoms with E-state index < -0.39 is 0 Å². The summed E-state index contributed by atoms with van der Waals surface area (Å²) in [4.78, 5) is 4.82. The predicted octanol–water partition coefficient (Wildman–Crippen LogP) is 8.58. The minimum atomic E-state index is 0.00187. The maximum atomic E-state index is 6.70. The summed E-state index contributed by atoms with van der Waals surface area (Å²) in [5.41, 5.74) is 5.83. The molecule has 4 heterocycles. The second kappa shape index (κ2) is 9.33. The van der Waals surface area contributed by atoms with Gasteiger partial charge in [0.1, 0.15) is 17.2 Å². The lowest BCUT2D eigenvalue weighted by Gasteiger charge is -2.20. The lowest BCUT2D eigenvalue weighted by molar-refractivity contribution is -0.674. The normalized spacial score (nSPS) is 12.2. The van der Waals surface area contributed by atoms with Gasteiger partial charge in [-0.25, -0.2) is 4.98 Å². The Bertz CT molecular complexity index is 2330. The Morgan fingerprint density at radius 3 is 2.42 bits per heavy atom. The summed E-state index contributed by atoms with van der Waals surface area (Å²) in [6.07, 6.45) is 9.16. The van der Waals surface area contributed by atoms with Crippen LogP contribution in [0.2, 0.25) is 0 Å². The highest BCUT2D eigenvalue weighted by Gasteiger charge is 2.19. The molecular weight excluding hydrogens is 532 g/mol. The average molecular weight is 563 g/mol. The Hall–Kier alpha value is -5.36. The SMILES string of the molecule is C[n+]1[c-]n(-c2cc(Oc3ccc4c5ccccc5n(-c5cc(C(C)(C)C)ccn5)c4c3)c3oc4ccccc4c3c2)cc1. The van der Waals surface area contributed by atoms with Crippen LogP contribution in [0.5, 0.6) is 11.5 Å². The number of rotatable bonds is 4. The number of para-hydroxylation sites is 2. The fourth-order valence-electron chi connectivity index (χ4n) is 5.94. The summed E-state index contributed by atoms with van der Waals surface area (Å²) in [5, 5.41) is 4.35. The highest BCUT2D eigenvalue weighted by Crippen LogP contribution is 2.40. The van der Waals surface area contributed by atoms with Crippen LogP contribution in [0.1, 0.15) is 26.3 Å². The standard InChI is InChI=1S/C37H30N4O2/c1-37(2,3)24-15-16-38-35(19-24)41-31-11-7-5-9-27(31)28-14-13-26(22-32(28)41)42-34-21-25(40-18-17-39(4)23-40)20-30-29-10-6-8-12-33(29)43-36(30)34/h5-22H,1-4H3. The van der Waals surface area contributed by atoms with E-state index in [2.05, 4.69) is 92.3 Å². The van der Waals surface area contributed by atoms with Crippen LogP contribution in [0.3, 0.4) is 0 Å². The second-order valence-electron chi connectivity index (χ2n) is 12.1. The van der Waals surface area contributed by atoms with Gasteiger partial charge in [-0.1, -0.05) is 57.2 Å². The van der Waals surface area contributed by atoms with Gasteiger partial charge in [-0.15, -0.1) is 0 Å². The minimum absolute atomic E-state index is 0.00187. The molecule has 0 spiro atoms. The summed E-state index contributed by atoms with van der Waals surface area (Å²) in [6, 6.07) is 31.2. The highest BCUT2D eigenvalue weighted by molar-refractivity contribution is 6.10. The fourth-order valence-corrected chi connectivity index (χ4v) is 5.94. The van der Waals surface area contributed by atoms with Crippen LogP contribution < -0.4 is 9.30 Å². The van der Waals surface area contributed by atoms with Crippen LogP contribution in [0, 0.1) is 6.33 Å². The van der Waals surface area contributed by atoms with Gasteiger partial charge in [-0.3, -0.25) is 4.57 Å². The quantitative estimate of drug-likeness (QED) is 0.159. The van der Waals surface area contributed by atoms with E-state index in [0.29, 0.717) is 17.1 Å². The smallest absolute Gasteiger partial charge is 0.243 e. The Balaban J connectivity index is 1.33. The molecule has 0 N–H and O–H groups in total. The Morgan fingerprint density at radius 1 is 0.814 bits per heavy atom. The van der Waals surface area contributed by atoms with Gasteiger partial charge < -0.3 is 18.3 Å². The van der Waals surface area contributed by atoms with E-state index in [1.807, 2.05) is 65.1 Å². The average Bonchev–Trinajstić information content (AvgIpc) is 3.70. The topological polar surface area (TPSA) is 49.0 Å². The fraction of sp³-hybridized carbons (Fsp3) is 0.135. The van der Waals surface area contributed by atoms with Gasteiger partial charge in [-0.2, -0.15) is 0 Å². The molecule has 0 aliphatic rings. The predicted molar refractivity (Wildman–Crippen MR) is 170 cm³/mol. The van der Waals surface area contributed by atoms with Crippen molar-refractivity contribution in [2.75, 3.05) is 0 Å². The molecule has 210 valence electrons. The molecule has 6 heteroatoms. The first-order valence-electron chi connectivity index (χ1n) is 14.4. The van der Waals surface area contributed by atoms with Crippen molar-refractivity contribution in [2.24, 2.45) is 7.05 Å². The summed E-state index contributed by atoms with van der Waals surface area (Å²) in [5.74, 6) is 2.24. The molecule has 0 fully saturated rings. The molecule has 0 unspecified atom stereocenters. The molecule has 4 aromatic carbocycles. The van der Waals surface area contributed by atoms with Crippen molar-refractivity contribution >= 4 is 43.7 Å². The number of nitrogens with zero attached hydrogens (tertiary/aromatic N) is 4. The van der Waals surface area contributed by atoms with E-state index in [1.165, 1.54) is 10.9 Å². The Kier molecular flexibility index (Phi) is 5.50. The molecule has 0 amide bonds. The number of imidazole rings is 1. The zero-order chi connectivity index (χ0) is 29.3. The zero-order valence-electron chi connectivity index (χ0n) is 24.5. The number of ether oxygens (including phenoxy) is 1. The molecule has 0 saturated carbocycles. The monoisotopic (exact) mass is 562 g/mol. The molecule has 0 atom stereocenters. The summed E-state index contributed by atoms with van der Waals surface area (Å²) < 4.78 is 19.2. The van der Waals surface area contributed by atoms with Crippen molar-refractivity contribution in [3.63, 3.8) is 0 Å². The first-order valence-corrected chi connectivity index (χ1v) is 14.4. The summed E-state index contributed by atoms with van der Waals surface area (Å²) in [6.45, 7) is 6.67. The summed E-state index contributed by atoms with van der Waals surface area (Å²) >= 11 is 0. The van der Waals surface area contributed by atoms with Gasteiger partial charge in [-0.05, 0) is 59.5 Å². The molecule has 6 nitrogen and oxygen atoms in total. The minimum Gasteiger partial charge on any atom is -0.454 e. The Labute approximate surface area is 249 Å². The number of benzene rings is 4. The molecule has 0 aliphatic heterocycles. The molecule has 4 aromatic heterocycles. The number of furan rings is 1. The van der Waals surface area contributed by atoms with Crippen molar-refractivity contribution in [1.82, 2.24) is 14.1 Å². The molecule has 43 heavy (non-hydrogen) atoms. The molecule has 0 aliphatic carbocycles. The third kappa shape index (κ3) is 4.17. The van der Waals surface area contributed by atoms with E-state index in [0.717, 1.165) is 44.3 Å². The number of aryl methyl sites for hydroxylation is 1. The molecule has 0 saturated heterocycles. The van der Waals surface area contributed by atoms with E-state index in [1.54, 1.807) is 0 Å². The van der Waals surface area contributed by atoms with E-state index in [9.17, 15) is 0 Å². The highest BCUT2D eigenvalue weighted by atomic mass is 16.5. The maximum Gasteiger partial charge on any atom is 0.243 e. The lowest BCUT2D eigenvalue weighted by Crippen LogP contribution is -2.24. The van der Waals surface area contributed by atoms with Crippen LogP contribution in [0.4, 0.5) is 0 Å². The van der Waals surface area contributed by atoms with Crippen LogP contribution in [-0.2, 0) is 12.5 Å². The molecule has 8 aromatic rings. The van der Waals surface area contributed by atoms with Crippen molar-refractivity contribution < 1.29 is 13.7 Å². The van der Waals surface area contributed by atoms with E-state index >= 15 is 0 Å². The van der Waals surface area contributed by atoms with Crippen LogP contribution in [0.15, 0.2) is 114 Å². The number of hydrogen-bond donors (Lipinski definition) is 0. The molecule has 0 bridgehead atoms. The second-order valence-corrected chi connectivity index (χ2v) is 12.1. The lowest BCUT2D eigenvalue weighted by atomic mass is 9.88. The van der Waals surface area contributed by atoms with Crippen LogP contribution >= 0.6 is 0 Å². The third-order valence-electron chi connectivity index (χ3n) is 8.13. The van der Waals surface area contributed by atoms with Crippen molar-refractivity contribution in [3.8, 4) is 23.0 Å². The summed E-state index contributed by atoms with van der Waals surface area (Å²) in [7, 11) is 1.96. The first-order chi connectivity index (χ1) is 20.8. The zero-order valence-corrected chi connectivity index (χ0v) is 24.5. The first kappa shape index (κ1) is 25.4. The van der Waals surface area contributed by atoms with E-state index in [-0.39, 0.29) is 5.41 Å². The third-order valence-corrected chi connectivity index (χ3v) is 8.13. The van der Waals surface area contributed by atoms with Gasteiger partial charge in [0.2, 0.25) is 6.33 Å². The van der Waals surface area contributed by atoms with Gasteiger partial charge in [0.25, 0.3) is 0 Å². The van der Waals surface area contributed by atoms with Crippen molar-refractivity contribution in [3.05, 3.63) is 121 Å². The van der Waals surface area contributed by atoms with Gasteiger partial charge in [0.15, 0.2) is 11.3 Å². The maximum absolute atomic E-state index is 6.70. The number of fused-ring (bicyclic) bond motifs is 6. The van der Waals surface area contributed by atoms with Crippen molar-refractivity contribution in [1.29, 1.82) is 0 Å². The molecule has 0 radical (unpaired) electrons. The van der Waals surface area contributed by atoms with Gasteiger partial charge in [0, 0.05) is 46.2 Å². The number of aromatic nitrogens is 4. The van der Waals surface area contributed by atoms with Crippen molar-refractivity contribution in [2.45, 2.75) is 26.2 Å². The number of pyridine rings is 1. The molecule has 8 rings (SSSR count). The van der Waals surface area contributed by atoms with Crippen LogP contribution in [0.25, 0.3) is 55.2 Å².